The highest BCUT2D eigenvalue weighted by molar-refractivity contribution is 5.81. The number of para-hydroxylation sites is 1. The van der Waals surface area contributed by atoms with Crippen molar-refractivity contribution in [1.29, 1.82) is 0 Å². The minimum absolute atomic E-state index is 0.176. The molecule has 2 aliphatic carbocycles. The number of hydrogen-bond acceptors (Lipinski definition) is 3. The van der Waals surface area contributed by atoms with Crippen molar-refractivity contribution in [1.82, 2.24) is 5.43 Å². The molecule has 2 aromatic rings. The van der Waals surface area contributed by atoms with Crippen LogP contribution in [-0.2, 0) is 0 Å². The highest BCUT2D eigenvalue weighted by Gasteiger charge is 2.55. The van der Waals surface area contributed by atoms with Crippen molar-refractivity contribution >= 4 is 11.0 Å². The van der Waals surface area contributed by atoms with Crippen LogP contribution >= 0.6 is 0 Å². The summed E-state index contributed by atoms with van der Waals surface area (Å²) in [5, 5.41) is 1.18. The van der Waals surface area contributed by atoms with Crippen LogP contribution in [0.15, 0.2) is 28.7 Å². The van der Waals surface area contributed by atoms with E-state index in [4.69, 9.17) is 10.3 Å². The molecule has 1 aromatic heterocycles. The molecule has 3 nitrogen and oxygen atoms in total. The van der Waals surface area contributed by atoms with Gasteiger partial charge in [-0.1, -0.05) is 31.0 Å². The highest BCUT2D eigenvalue weighted by Crippen LogP contribution is 2.60. The summed E-state index contributed by atoms with van der Waals surface area (Å²) < 4.78 is 6.12. The van der Waals surface area contributed by atoms with Gasteiger partial charge in [-0.15, -0.1) is 0 Å². The summed E-state index contributed by atoms with van der Waals surface area (Å²) in [7, 11) is 0. The van der Waals surface area contributed by atoms with Crippen molar-refractivity contribution in [2.45, 2.75) is 38.6 Å². The van der Waals surface area contributed by atoms with E-state index in [-0.39, 0.29) is 6.04 Å². The third kappa shape index (κ3) is 1.80. The summed E-state index contributed by atoms with van der Waals surface area (Å²) >= 11 is 0. The van der Waals surface area contributed by atoms with E-state index in [1.165, 1.54) is 36.6 Å². The minimum atomic E-state index is 0.176. The Morgan fingerprint density at radius 1 is 1.25 bits per heavy atom. The molecule has 1 heterocycles. The Morgan fingerprint density at radius 2 is 2.00 bits per heavy atom. The largest absolute Gasteiger partial charge is 0.459 e. The summed E-state index contributed by atoms with van der Waals surface area (Å²) in [4.78, 5) is 0. The fraction of sp³-hybridized carbons (Fsp3) is 0.529. The van der Waals surface area contributed by atoms with E-state index >= 15 is 0 Å². The van der Waals surface area contributed by atoms with Crippen molar-refractivity contribution in [2.24, 2.45) is 23.6 Å². The van der Waals surface area contributed by atoms with Gasteiger partial charge in [0.05, 0.1) is 6.04 Å². The van der Waals surface area contributed by atoms with Crippen LogP contribution in [0.2, 0.25) is 0 Å². The first-order valence-electron chi connectivity index (χ1n) is 7.75. The molecule has 0 amide bonds. The monoisotopic (exact) mass is 270 g/mol. The van der Waals surface area contributed by atoms with E-state index in [2.05, 4.69) is 36.6 Å². The SMILES string of the molecule is Cc1cccc2cc(C(NN)C3C4CCCCC43)oc12. The van der Waals surface area contributed by atoms with Crippen LogP contribution in [-0.4, -0.2) is 0 Å². The first-order valence-corrected chi connectivity index (χ1v) is 7.75. The Morgan fingerprint density at radius 3 is 2.65 bits per heavy atom. The molecule has 0 saturated heterocycles. The summed E-state index contributed by atoms with van der Waals surface area (Å²) in [6.07, 6.45) is 5.50. The van der Waals surface area contributed by atoms with Gasteiger partial charge in [0, 0.05) is 5.39 Å². The number of furan rings is 1. The molecule has 20 heavy (non-hydrogen) atoms. The van der Waals surface area contributed by atoms with Gasteiger partial charge in [0.2, 0.25) is 0 Å². The van der Waals surface area contributed by atoms with Crippen LogP contribution < -0.4 is 11.3 Å². The van der Waals surface area contributed by atoms with E-state index in [0.29, 0.717) is 5.92 Å². The topological polar surface area (TPSA) is 51.2 Å². The van der Waals surface area contributed by atoms with Crippen molar-refractivity contribution in [3.8, 4) is 0 Å². The number of benzene rings is 1. The zero-order valence-electron chi connectivity index (χ0n) is 11.9. The van der Waals surface area contributed by atoms with Crippen LogP contribution in [0.5, 0.6) is 0 Å². The van der Waals surface area contributed by atoms with Crippen LogP contribution in [0.3, 0.4) is 0 Å². The van der Waals surface area contributed by atoms with Gasteiger partial charge in [0.1, 0.15) is 11.3 Å². The molecule has 0 radical (unpaired) electrons. The van der Waals surface area contributed by atoms with Crippen molar-refractivity contribution < 1.29 is 4.42 Å². The van der Waals surface area contributed by atoms with Crippen molar-refractivity contribution in [2.75, 3.05) is 0 Å². The normalized spacial score (nSPS) is 30.2. The number of rotatable bonds is 3. The molecule has 1 aromatic carbocycles. The van der Waals surface area contributed by atoms with Crippen LogP contribution in [0, 0.1) is 24.7 Å². The molecular formula is C17H22N2O. The molecule has 0 spiro atoms. The smallest absolute Gasteiger partial charge is 0.137 e. The molecule has 2 fully saturated rings. The first-order chi connectivity index (χ1) is 9.79. The molecule has 2 saturated carbocycles. The Bertz CT molecular complexity index is 621. The number of fused-ring (bicyclic) bond motifs is 2. The van der Waals surface area contributed by atoms with E-state index in [1.54, 1.807) is 0 Å². The zero-order chi connectivity index (χ0) is 13.7. The zero-order valence-corrected chi connectivity index (χ0v) is 11.9. The molecule has 3 atom stereocenters. The lowest BCUT2D eigenvalue weighted by molar-refractivity contribution is 0.379. The Balaban J connectivity index is 1.68. The quantitative estimate of drug-likeness (QED) is 0.660. The molecule has 106 valence electrons. The number of hydrazine groups is 1. The molecule has 0 aliphatic heterocycles. The Hall–Kier alpha value is -1.32. The summed E-state index contributed by atoms with van der Waals surface area (Å²) in [6.45, 7) is 2.09. The fourth-order valence-electron chi connectivity index (χ4n) is 4.31. The fourth-order valence-corrected chi connectivity index (χ4v) is 4.31. The summed E-state index contributed by atoms with van der Waals surface area (Å²) in [5.74, 6) is 9.25. The van der Waals surface area contributed by atoms with Gasteiger partial charge in [-0.25, -0.2) is 5.43 Å². The predicted molar refractivity (Wildman–Crippen MR) is 80.0 cm³/mol. The second-order valence-corrected chi connectivity index (χ2v) is 6.48. The van der Waals surface area contributed by atoms with Gasteiger partial charge in [0.15, 0.2) is 0 Å². The van der Waals surface area contributed by atoms with Gasteiger partial charge < -0.3 is 4.42 Å². The first kappa shape index (κ1) is 12.4. The molecule has 2 aliphatic rings. The van der Waals surface area contributed by atoms with Gasteiger partial charge in [-0.2, -0.15) is 0 Å². The Labute approximate surface area is 119 Å². The molecule has 3 N–H and O–H groups in total. The van der Waals surface area contributed by atoms with Crippen molar-refractivity contribution in [3.05, 3.63) is 35.6 Å². The third-order valence-corrected chi connectivity index (χ3v) is 5.35. The minimum Gasteiger partial charge on any atom is -0.459 e. The van der Waals surface area contributed by atoms with E-state index < -0.39 is 0 Å². The van der Waals surface area contributed by atoms with E-state index in [1.807, 2.05) is 0 Å². The lowest BCUT2D eigenvalue weighted by Crippen LogP contribution is -2.30. The molecule has 3 heteroatoms. The standard InChI is InChI=1S/C17H22N2O/c1-10-5-4-6-11-9-14(20-17(10)11)16(19-18)15-12-7-2-3-8-13(12)15/h4-6,9,12-13,15-16,19H,2-3,7-8,18H2,1H3. The number of hydrogen-bond donors (Lipinski definition) is 2. The van der Waals surface area contributed by atoms with Gasteiger partial charge in [-0.3, -0.25) is 5.84 Å². The van der Waals surface area contributed by atoms with Crippen molar-refractivity contribution in [3.63, 3.8) is 0 Å². The highest BCUT2D eigenvalue weighted by atomic mass is 16.3. The lowest BCUT2D eigenvalue weighted by atomic mass is 10.0. The maximum atomic E-state index is 6.12. The van der Waals surface area contributed by atoms with Crippen LogP contribution in [0.4, 0.5) is 0 Å². The molecule has 0 bridgehead atoms. The third-order valence-electron chi connectivity index (χ3n) is 5.35. The summed E-state index contributed by atoms with van der Waals surface area (Å²) in [6, 6.07) is 8.63. The Kier molecular flexibility index (Phi) is 2.86. The van der Waals surface area contributed by atoms with Crippen LogP contribution in [0.25, 0.3) is 11.0 Å². The van der Waals surface area contributed by atoms with Gasteiger partial charge >= 0.3 is 0 Å². The predicted octanol–water partition coefficient (Wildman–Crippen LogP) is 3.68. The van der Waals surface area contributed by atoms with E-state index in [9.17, 15) is 0 Å². The number of nitrogens with one attached hydrogen (secondary N) is 1. The number of nitrogens with two attached hydrogens (primary N) is 1. The van der Waals surface area contributed by atoms with E-state index in [0.717, 1.165) is 23.2 Å². The molecule has 4 rings (SSSR count). The average molecular weight is 270 g/mol. The summed E-state index contributed by atoms with van der Waals surface area (Å²) in [5.41, 5.74) is 5.22. The number of aryl methyl sites for hydroxylation is 1. The second-order valence-electron chi connectivity index (χ2n) is 6.48. The van der Waals surface area contributed by atoms with Gasteiger partial charge in [0.25, 0.3) is 0 Å². The molecular weight excluding hydrogens is 248 g/mol. The van der Waals surface area contributed by atoms with Gasteiger partial charge in [-0.05, 0) is 49.1 Å². The second kappa shape index (κ2) is 4.61. The molecule has 3 unspecified atom stereocenters. The lowest BCUT2D eigenvalue weighted by Gasteiger charge is -2.13. The average Bonchev–Trinajstić information content (AvgIpc) is 3.00. The maximum absolute atomic E-state index is 6.12. The van der Waals surface area contributed by atoms with Crippen LogP contribution in [0.1, 0.15) is 43.0 Å². The maximum Gasteiger partial charge on any atom is 0.137 e.